The maximum atomic E-state index is 13.7. The third-order valence-corrected chi connectivity index (χ3v) is 8.13. The lowest BCUT2D eigenvalue weighted by Gasteiger charge is -2.23. The van der Waals surface area contributed by atoms with Crippen LogP contribution in [0.5, 0.6) is 0 Å². The first kappa shape index (κ1) is 24.0. The number of anilines is 1. The molecule has 8 nitrogen and oxygen atoms in total. The van der Waals surface area contributed by atoms with Crippen LogP contribution in [0.15, 0.2) is 99.2 Å². The highest BCUT2D eigenvalue weighted by Gasteiger charge is 2.46. The minimum atomic E-state index is -0.964. The third kappa shape index (κ3) is 4.35. The number of aliphatic hydroxyl groups is 1. The topological polar surface area (TPSA) is 109 Å². The highest BCUT2D eigenvalue weighted by Crippen LogP contribution is 2.44. The zero-order chi connectivity index (χ0) is 26.2. The first-order valence-corrected chi connectivity index (χ1v) is 13.2. The number of hydrogen-bond acceptors (Lipinski definition) is 9. The molecular weight excluding hydrogens is 527 g/mol. The quantitative estimate of drug-likeness (QED) is 0.153. The molecule has 4 heterocycles. The minimum absolute atomic E-state index is 0.00858. The number of furan rings is 1. The van der Waals surface area contributed by atoms with E-state index in [0.717, 1.165) is 22.3 Å². The average molecular weight is 545 g/mol. The normalized spacial score (nSPS) is 15.6. The van der Waals surface area contributed by atoms with Crippen molar-refractivity contribution in [2.24, 2.45) is 0 Å². The summed E-state index contributed by atoms with van der Waals surface area (Å²) in [6.45, 7) is 0. The molecule has 2 aromatic carbocycles. The van der Waals surface area contributed by atoms with Crippen LogP contribution in [-0.4, -0.2) is 32.0 Å². The Hall–Kier alpha value is -4.35. The number of carbonyl (C=O) groups is 2. The smallest absolute Gasteiger partial charge is 0.296 e. The van der Waals surface area contributed by atoms with Crippen molar-refractivity contribution in [3.63, 3.8) is 0 Å². The molecule has 1 aliphatic heterocycles. The second kappa shape index (κ2) is 9.84. The summed E-state index contributed by atoms with van der Waals surface area (Å²) in [6.07, 6.45) is 3.08. The lowest BCUT2D eigenvalue weighted by atomic mass is 9.96. The summed E-state index contributed by atoms with van der Waals surface area (Å²) in [6, 6.07) is 17.3. The van der Waals surface area contributed by atoms with Gasteiger partial charge in [-0.05, 0) is 47.5 Å². The molecule has 1 atom stereocenters. The third-order valence-electron chi connectivity index (χ3n) is 6.00. The number of amides is 1. The number of fused-ring (bicyclic) bond motifs is 1. The summed E-state index contributed by atoms with van der Waals surface area (Å²) in [7, 11) is 0. The number of aromatic nitrogens is 3. The van der Waals surface area contributed by atoms with Crippen LogP contribution in [0.2, 0.25) is 0 Å². The molecule has 3 aromatic heterocycles. The molecule has 0 aliphatic carbocycles. The van der Waals surface area contributed by atoms with Gasteiger partial charge in [-0.3, -0.25) is 19.5 Å². The minimum Gasteiger partial charge on any atom is -0.503 e. The van der Waals surface area contributed by atoms with Crippen LogP contribution in [0.25, 0.3) is 11.0 Å². The van der Waals surface area contributed by atoms with Crippen molar-refractivity contribution < 1.29 is 23.5 Å². The molecule has 0 saturated heterocycles. The molecule has 0 spiro atoms. The van der Waals surface area contributed by atoms with E-state index in [9.17, 15) is 19.1 Å². The fraction of sp³-hybridized carbons (Fsp3) is 0.0741. The van der Waals surface area contributed by atoms with E-state index >= 15 is 0 Å². The molecule has 6 rings (SSSR count). The SMILES string of the molecule is O=C(C1=C(O)C(=O)N(c2nnc(SCc3ccc(F)cc3)s2)C1c1ccncc1)c1cc2ccccc2o1. The van der Waals surface area contributed by atoms with Gasteiger partial charge in [0.2, 0.25) is 10.9 Å². The first-order valence-electron chi connectivity index (χ1n) is 11.4. The summed E-state index contributed by atoms with van der Waals surface area (Å²) in [4.78, 5) is 32.3. The zero-order valence-electron chi connectivity index (χ0n) is 19.4. The van der Waals surface area contributed by atoms with E-state index in [4.69, 9.17) is 4.42 Å². The largest absolute Gasteiger partial charge is 0.503 e. The number of nitrogens with zero attached hydrogens (tertiary/aromatic N) is 4. The van der Waals surface area contributed by atoms with Gasteiger partial charge in [0, 0.05) is 23.5 Å². The van der Waals surface area contributed by atoms with Crippen molar-refractivity contribution in [2.75, 3.05) is 4.90 Å². The highest BCUT2D eigenvalue weighted by atomic mass is 32.2. The molecule has 1 N–H and O–H groups in total. The molecule has 0 fully saturated rings. The number of Topliss-reactive ketones (excluding diaryl/α,β-unsaturated/α-hetero) is 1. The first-order chi connectivity index (χ1) is 18.5. The van der Waals surface area contributed by atoms with E-state index in [1.807, 2.05) is 12.1 Å². The van der Waals surface area contributed by atoms with Gasteiger partial charge in [-0.2, -0.15) is 0 Å². The van der Waals surface area contributed by atoms with E-state index in [1.165, 1.54) is 28.8 Å². The number of benzene rings is 2. The van der Waals surface area contributed by atoms with E-state index in [-0.39, 0.29) is 22.3 Å². The van der Waals surface area contributed by atoms with Crippen molar-refractivity contribution >= 4 is 50.9 Å². The van der Waals surface area contributed by atoms with E-state index in [1.54, 1.807) is 54.9 Å². The van der Waals surface area contributed by atoms with Gasteiger partial charge >= 0.3 is 0 Å². The van der Waals surface area contributed by atoms with Gasteiger partial charge in [0.05, 0.1) is 11.6 Å². The van der Waals surface area contributed by atoms with Gasteiger partial charge < -0.3 is 9.52 Å². The lowest BCUT2D eigenvalue weighted by molar-refractivity contribution is -0.117. The number of thioether (sulfide) groups is 1. The molecule has 11 heteroatoms. The fourth-order valence-corrected chi connectivity index (χ4v) is 6.03. The Balaban J connectivity index is 1.34. The summed E-state index contributed by atoms with van der Waals surface area (Å²) in [5.41, 5.74) is 1.87. The van der Waals surface area contributed by atoms with Crippen molar-refractivity contribution in [1.82, 2.24) is 15.2 Å². The molecule has 1 amide bonds. The Morgan fingerprint density at radius 3 is 2.61 bits per heavy atom. The molecule has 0 radical (unpaired) electrons. The van der Waals surface area contributed by atoms with Crippen molar-refractivity contribution in [3.05, 3.63) is 113 Å². The standard InChI is InChI=1S/C27H17FN4O4S2/c28-18-7-5-15(6-8-18)14-37-27-31-30-26(38-27)32-22(16-9-11-29-12-10-16)21(24(34)25(32)35)23(33)20-13-17-3-1-2-4-19(17)36-20/h1-13,22,34H,14H2. The maximum absolute atomic E-state index is 13.7. The zero-order valence-corrected chi connectivity index (χ0v) is 21.1. The molecule has 1 unspecified atom stereocenters. The highest BCUT2D eigenvalue weighted by molar-refractivity contribution is 8.00. The van der Waals surface area contributed by atoms with Gasteiger partial charge in [-0.1, -0.05) is 53.4 Å². The molecule has 0 saturated carbocycles. The Morgan fingerprint density at radius 1 is 1.08 bits per heavy atom. The van der Waals surface area contributed by atoms with Gasteiger partial charge in [0.15, 0.2) is 15.9 Å². The van der Waals surface area contributed by atoms with Crippen LogP contribution in [0.4, 0.5) is 9.52 Å². The number of pyridine rings is 1. The second-order valence-corrected chi connectivity index (χ2v) is 10.5. The van der Waals surface area contributed by atoms with Crippen LogP contribution in [0.1, 0.15) is 27.7 Å². The number of carbonyl (C=O) groups excluding carboxylic acids is 2. The summed E-state index contributed by atoms with van der Waals surface area (Å²) < 4.78 is 19.5. The number of para-hydroxylation sites is 1. The van der Waals surface area contributed by atoms with E-state index in [0.29, 0.717) is 21.2 Å². The van der Waals surface area contributed by atoms with Crippen LogP contribution in [0.3, 0.4) is 0 Å². The lowest BCUT2D eigenvalue weighted by Crippen LogP contribution is -2.31. The van der Waals surface area contributed by atoms with Gasteiger partial charge in [-0.15, -0.1) is 10.2 Å². The Kier molecular flexibility index (Phi) is 6.22. The second-order valence-electron chi connectivity index (χ2n) is 8.36. The number of hydrogen-bond donors (Lipinski definition) is 1. The van der Waals surface area contributed by atoms with E-state index in [2.05, 4.69) is 15.2 Å². The Bertz CT molecular complexity index is 1670. The number of ketones is 1. The monoisotopic (exact) mass is 544 g/mol. The van der Waals surface area contributed by atoms with Crippen molar-refractivity contribution in [1.29, 1.82) is 0 Å². The van der Waals surface area contributed by atoms with Crippen LogP contribution in [-0.2, 0) is 10.5 Å². The van der Waals surface area contributed by atoms with Crippen LogP contribution >= 0.6 is 23.1 Å². The number of halogens is 1. The average Bonchev–Trinajstić information content (AvgIpc) is 3.65. The van der Waals surface area contributed by atoms with E-state index < -0.39 is 23.5 Å². The van der Waals surface area contributed by atoms with Crippen molar-refractivity contribution in [2.45, 2.75) is 16.1 Å². The Morgan fingerprint density at radius 2 is 1.84 bits per heavy atom. The molecular formula is C27H17FN4O4S2. The predicted octanol–water partition coefficient (Wildman–Crippen LogP) is 5.89. The molecule has 1 aliphatic rings. The maximum Gasteiger partial charge on any atom is 0.296 e. The number of rotatable bonds is 7. The fourth-order valence-electron chi connectivity index (χ4n) is 4.21. The van der Waals surface area contributed by atoms with Gasteiger partial charge in [0.1, 0.15) is 11.4 Å². The van der Waals surface area contributed by atoms with Gasteiger partial charge in [0.25, 0.3) is 5.91 Å². The van der Waals surface area contributed by atoms with Crippen molar-refractivity contribution in [3.8, 4) is 0 Å². The van der Waals surface area contributed by atoms with Crippen LogP contribution in [0, 0.1) is 5.82 Å². The summed E-state index contributed by atoms with van der Waals surface area (Å²) in [5, 5.41) is 20.3. The number of aliphatic hydroxyl groups excluding tert-OH is 1. The predicted molar refractivity (Wildman–Crippen MR) is 141 cm³/mol. The molecule has 5 aromatic rings. The summed E-state index contributed by atoms with van der Waals surface area (Å²) in [5.74, 6) is -1.82. The van der Waals surface area contributed by atoms with Crippen LogP contribution < -0.4 is 4.90 Å². The Labute approximate surface area is 223 Å². The molecule has 38 heavy (non-hydrogen) atoms. The molecule has 0 bridgehead atoms. The summed E-state index contributed by atoms with van der Waals surface area (Å²) >= 11 is 2.53. The molecule has 188 valence electrons. The van der Waals surface area contributed by atoms with Gasteiger partial charge in [-0.25, -0.2) is 4.39 Å².